The predicted octanol–water partition coefficient (Wildman–Crippen LogP) is 7.76. The fourth-order valence-corrected chi connectivity index (χ4v) is 5.69. The molecule has 220 valence electrons. The van der Waals surface area contributed by atoms with E-state index in [4.69, 9.17) is 14.5 Å². The molecule has 1 heterocycles. The van der Waals surface area contributed by atoms with Crippen molar-refractivity contribution >= 4 is 23.0 Å². The molecule has 6 heteroatoms. The fourth-order valence-electron chi connectivity index (χ4n) is 5.69. The zero-order valence-electron chi connectivity index (χ0n) is 24.9. The number of hydrogen-bond acceptors (Lipinski definition) is 5. The Hall–Kier alpha value is -5.20. The Morgan fingerprint density at radius 2 is 1.18 bits per heavy atom. The summed E-state index contributed by atoms with van der Waals surface area (Å²) in [6, 6.07) is 43.0. The molecule has 1 amide bonds. The first-order valence-corrected chi connectivity index (χ1v) is 14.7. The number of anilines is 1. The summed E-state index contributed by atoms with van der Waals surface area (Å²) in [5.74, 6) is 0.403. The molecule has 5 aromatic carbocycles. The summed E-state index contributed by atoms with van der Waals surface area (Å²) in [7, 11) is 3.18. The zero-order valence-corrected chi connectivity index (χ0v) is 24.9. The van der Waals surface area contributed by atoms with E-state index in [1.165, 1.54) is 16.7 Å². The van der Waals surface area contributed by atoms with Crippen LogP contribution in [0.15, 0.2) is 132 Å². The van der Waals surface area contributed by atoms with Gasteiger partial charge in [0, 0.05) is 31.4 Å². The van der Waals surface area contributed by atoms with E-state index in [1.807, 2.05) is 48.5 Å². The summed E-state index contributed by atoms with van der Waals surface area (Å²) >= 11 is 0. The van der Waals surface area contributed by atoms with E-state index < -0.39 is 5.92 Å². The van der Waals surface area contributed by atoms with Crippen molar-refractivity contribution in [1.29, 1.82) is 0 Å². The summed E-state index contributed by atoms with van der Waals surface area (Å²) in [4.78, 5) is 21.0. The number of carbonyl (C=O) groups excluding carboxylic acids is 1. The Labute approximate surface area is 258 Å². The largest absolute Gasteiger partial charge is 0.493 e. The van der Waals surface area contributed by atoms with Gasteiger partial charge in [0.05, 0.1) is 25.6 Å². The van der Waals surface area contributed by atoms with E-state index in [9.17, 15) is 4.79 Å². The zero-order chi connectivity index (χ0) is 30.3. The first-order valence-electron chi connectivity index (χ1n) is 14.7. The van der Waals surface area contributed by atoms with Gasteiger partial charge in [0.15, 0.2) is 11.5 Å². The predicted molar refractivity (Wildman–Crippen MR) is 176 cm³/mol. The molecule has 1 aliphatic heterocycles. The van der Waals surface area contributed by atoms with Crippen molar-refractivity contribution in [3.8, 4) is 11.5 Å². The van der Waals surface area contributed by atoms with Crippen LogP contribution >= 0.6 is 0 Å². The van der Waals surface area contributed by atoms with E-state index in [0.29, 0.717) is 22.9 Å². The molecule has 1 N–H and O–H groups in total. The molecule has 0 radical (unpaired) electrons. The van der Waals surface area contributed by atoms with Crippen molar-refractivity contribution in [3.63, 3.8) is 0 Å². The number of carbonyl (C=O) groups is 1. The topological polar surface area (TPSA) is 63.2 Å². The van der Waals surface area contributed by atoms with Crippen LogP contribution in [0.25, 0.3) is 0 Å². The second-order valence-corrected chi connectivity index (χ2v) is 10.9. The molecule has 0 fully saturated rings. The minimum Gasteiger partial charge on any atom is -0.493 e. The highest BCUT2D eigenvalue weighted by Crippen LogP contribution is 2.42. The number of rotatable bonds is 11. The Kier molecular flexibility index (Phi) is 8.80. The van der Waals surface area contributed by atoms with E-state index in [-0.39, 0.29) is 5.91 Å². The van der Waals surface area contributed by atoms with Gasteiger partial charge in [0.2, 0.25) is 5.91 Å². The number of nitrogens with zero attached hydrogens (tertiary/aromatic N) is 2. The van der Waals surface area contributed by atoms with Crippen molar-refractivity contribution in [2.24, 2.45) is 4.99 Å². The van der Waals surface area contributed by atoms with Crippen molar-refractivity contribution in [1.82, 2.24) is 4.90 Å². The first-order chi connectivity index (χ1) is 21.6. The van der Waals surface area contributed by atoms with Crippen LogP contribution < -0.4 is 14.8 Å². The lowest BCUT2D eigenvalue weighted by molar-refractivity contribution is -0.115. The van der Waals surface area contributed by atoms with Crippen LogP contribution in [0.1, 0.15) is 33.7 Å². The van der Waals surface area contributed by atoms with Gasteiger partial charge < -0.3 is 14.8 Å². The molecular weight excluding hydrogens is 546 g/mol. The second-order valence-electron chi connectivity index (χ2n) is 10.9. The molecule has 1 aliphatic rings. The average molecular weight is 582 g/mol. The van der Waals surface area contributed by atoms with Crippen LogP contribution in [0.5, 0.6) is 11.5 Å². The highest BCUT2D eigenvalue weighted by molar-refractivity contribution is 6.24. The van der Waals surface area contributed by atoms with Crippen LogP contribution in [0.2, 0.25) is 0 Å². The molecule has 0 saturated carbocycles. The Morgan fingerprint density at radius 1 is 0.682 bits per heavy atom. The minimum atomic E-state index is -0.598. The summed E-state index contributed by atoms with van der Waals surface area (Å²) in [6.45, 7) is 2.48. The Bertz CT molecular complexity index is 1700. The molecule has 6 nitrogen and oxygen atoms in total. The summed E-state index contributed by atoms with van der Waals surface area (Å²) in [6.07, 6.45) is 0. The number of methoxy groups -OCH3 is 2. The van der Waals surface area contributed by atoms with E-state index in [1.54, 1.807) is 20.3 Å². The molecule has 6 rings (SSSR count). The first kappa shape index (κ1) is 28.9. The number of nitrogens with one attached hydrogen (secondary N) is 1. The third-order valence-electron chi connectivity index (χ3n) is 7.82. The van der Waals surface area contributed by atoms with Gasteiger partial charge in [0.1, 0.15) is 5.92 Å². The molecule has 1 atom stereocenters. The average Bonchev–Trinajstić information content (AvgIpc) is 3.39. The number of fused-ring (bicyclic) bond motifs is 1. The monoisotopic (exact) mass is 581 g/mol. The van der Waals surface area contributed by atoms with Crippen LogP contribution in [-0.4, -0.2) is 30.7 Å². The number of ether oxygens (including phenoxy) is 2. The summed E-state index contributed by atoms with van der Waals surface area (Å²) < 4.78 is 11.0. The third-order valence-corrected chi connectivity index (χ3v) is 7.82. The lowest BCUT2D eigenvalue weighted by Crippen LogP contribution is -2.22. The van der Waals surface area contributed by atoms with Crippen LogP contribution in [0.4, 0.5) is 11.4 Å². The number of aliphatic imine (C=N–C) groups is 1. The third kappa shape index (κ3) is 6.56. The summed E-state index contributed by atoms with van der Waals surface area (Å²) in [5, 5.41) is 3.02. The van der Waals surface area contributed by atoms with Gasteiger partial charge in [-0.05, 0) is 46.0 Å². The highest BCUT2D eigenvalue weighted by Gasteiger charge is 2.36. The molecule has 0 aliphatic carbocycles. The molecular formula is C38H35N3O3. The van der Waals surface area contributed by atoms with Crippen molar-refractivity contribution < 1.29 is 14.3 Å². The van der Waals surface area contributed by atoms with Crippen LogP contribution in [0, 0.1) is 0 Å². The van der Waals surface area contributed by atoms with Crippen molar-refractivity contribution in [2.75, 3.05) is 19.5 Å². The van der Waals surface area contributed by atoms with Crippen molar-refractivity contribution in [3.05, 3.63) is 155 Å². The lowest BCUT2D eigenvalue weighted by Gasteiger charge is -2.23. The molecule has 0 spiro atoms. The van der Waals surface area contributed by atoms with Gasteiger partial charge in [-0.15, -0.1) is 0 Å². The fraction of sp³-hybridized carbons (Fsp3) is 0.158. The Morgan fingerprint density at radius 3 is 1.73 bits per heavy atom. The molecule has 0 aromatic heterocycles. The standard InChI is InChI=1S/C38H35N3O3/c1-43-34-22-32-33(23-35(34)44-2)40-38(42)36(32)37(30-16-10-5-11-17-30)39-31-20-18-29(19-21-31)26-41(24-27-12-6-3-7-13-27)25-28-14-8-4-9-15-28/h3-23,36H,24-26H2,1-2H3,(H,40,42). The molecule has 44 heavy (non-hydrogen) atoms. The molecule has 5 aromatic rings. The van der Waals surface area contributed by atoms with Crippen LogP contribution in [-0.2, 0) is 24.4 Å². The number of benzene rings is 5. The molecule has 0 saturated heterocycles. The van der Waals surface area contributed by atoms with Crippen molar-refractivity contribution in [2.45, 2.75) is 25.6 Å². The highest BCUT2D eigenvalue weighted by atomic mass is 16.5. The maximum atomic E-state index is 13.4. The lowest BCUT2D eigenvalue weighted by atomic mass is 9.90. The van der Waals surface area contributed by atoms with E-state index >= 15 is 0 Å². The normalized spacial score (nSPS) is 14.3. The van der Waals surface area contributed by atoms with Gasteiger partial charge >= 0.3 is 0 Å². The smallest absolute Gasteiger partial charge is 0.238 e. The van der Waals surface area contributed by atoms with Gasteiger partial charge in [-0.1, -0.05) is 103 Å². The maximum Gasteiger partial charge on any atom is 0.238 e. The SMILES string of the molecule is COc1cc2c(cc1OC)C(C(=Nc1ccc(CN(Cc3ccccc3)Cc3ccccc3)cc1)c1ccccc1)C(=O)N2. The van der Waals surface area contributed by atoms with E-state index in [0.717, 1.165) is 36.4 Å². The Balaban J connectivity index is 1.30. The quantitative estimate of drug-likeness (QED) is 0.162. The van der Waals surface area contributed by atoms with Gasteiger partial charge in [-0.2, -0.15) is 0 Å². The summed E-state index contributed by atoms with van der Waals surface area (Å²) in [5.41, 5.74) is 7.61. The van der Waals surface area contributed by atoms with Gasteiger partial charge in [-0.3, -0.25) is 14.7 Å². The number of hydrogen-bond donors (Lipinski definition) is 1. The number of amides is 1. The van der Waals surface area contributed by atoms with Gasteiger partial charge in [-0.25, -0.2) is 0 Å². The second kappa shape index (κ2) is 13.4. The minimum absolute atomic E-state index is 0.132. The molecule has 1 unspecified atom stereocenters. The maximum absolute atomic E-state index is 13.4. The molecule has 0 bridgehead atoms. The van der Waals surface area contributed by atoms with Crippen LogP contribution in [0.3, 0.4) is 0 Å². The van der Waals surface area contributed by atoms with Gasteiger partial charge in [0.25, 0.3) is 0 Å². The van der Waals surface area contributed by atoms with E-state index in [2.05, 4.69) is 83.0 Å².